The highest BCUT2D eigenvalue weighted by Gasteiger charge is 2.42. The molecule has 9 aromatic rings. The number of aromatic nitrogens is 2. The second-order valence-corrected chi connectivity index (χ2v) is 16.9. The Bertz CT molecular complexity index is 2470. The Labute approximate surface area is 300 Å². The maximum absolute atomic E-state index is 4.91. The fourth-order valence-electron chi connectivity index (χ4n) is 8.09. The second-order valence-electron chi connectivity index (χ2n) is 13.1. The monoisotopic (exact) mass is 668 g/mol. The lowest BCUT2D eigenvalue weighted by atomic mass is 9.85. The first-order valence-electron chi connectivity index (χ1n) is 17.6. The Morgan fingerprint density at radius 3 is 1.43 bits per heavy atom. The normalized spacial score (nSPS) is 11.7. The average Bonchev–Trinajstić information content (AvgIpc) is 3.55. The molecule has 2 aromatic heterocycles. The van der Waals surface area contributed by atoms with Gasteiger partial charge in [-0.15, -0.1) is 0 Å². The highest BCUT2D eigenvalue weighted by molar-refractivity contribution is 7.20. The van der Waals surface area contributed by atoms with E-state index in [1.807, 2.05) is 6.20 Å². The highest BCUT2D eigenvalue weighted by Crippen LogP contribution is 2.33. The number of nitrogens with zero attached hydrogens (tertiary/aromatic N) is 2. The number of pyridine rings is 1. The summed E-state index contributed by atoms with van der Waals surface area (Å²) in [5.74, 6) is 0.138. The van der Waals surface area contributed by atoms with E-state index in [0.29, 0.717) is 0 Å². The van der Waals surface area contributed by atoms with Crippen molar-refractivity contribution in [3.8, 4) is 5.69 Å². The summed E-state index contributed by atoms with van der Waals surface area (Å²) >= 11 is 0. The molecule has 0 bridgehead atoms. The van der Waals surface area contributed by atoms with E-state index in [1.165, 1.54) is 42.8 Å². The molecule has 3 heteroatoms. The van der Waals surface area contributed by atoms with Crippen molar-refractivity contribution in [3.05, 3.63) is 229 Å². The van der Waals surface area contributed by atoms with Gasteiger partial charge in [0.15, 0.2) is 8.07 Å². The Balaban J connectivity index is 1.30. The molecule has 0 amide bonds. The zero-order chi connectivity index (χ0) is 34.0. The van der Waals surface area contributed by atoms with Gasteiger partial charge in [-0.25, -0.2) is 4.98 Å². The maximum atomic E-state index is 4.91. The molecule has 0 saturated heterocycles. The predicted octanol–water partition coefficient (Wildman–Crippen LogP) is 8.74. The van der Waals surface area contributed by atoms with Crippen molar-refractivity contribution in [2.45, 2.75) is 5.92 Å². The summed E-state index contributed by atoms with van der Waals surface area (Å²) < 4.78 is 2.30. The first-order valence-corrected chi connectivity index (χ1v) is 19.6. The smallest absolute Gasteiger partial charge is 0.179 e. The summed E-state index contributed by atoms with van der Waals surface area (Å²) in [6.07, 6.45) is 1.90. The van der Waals surface area contributed by atoms with Crippen LogP contribution in [0.5, 0.6) is 0 Å². The molecule has 0 N–H and O–H groups in total. The van der Waals surface area contributed by atoms with Gasteiger partial charge in [0, 0.05) is 28.6 Å². The molecule has 0 radical (unpaired) electrons. The van der Waals surface area contributed by atoms with Crippen LogP contribution in [-0.2, 0) is 0 Å². The topological polar surface area (TPSA) is 17.8 Å². The molecule has 0 atom stereocenters. The fraction of sp³-hybridized carbons (Fsp3) is 0.0208. The third kappa shape index (κ3) is 5.31. The van der Waals surface area contributed by atoms with Crippen LogP contribution in [0.15, 0.2) is 212 Å². The van der Waals surface area contributed by atoms with Gasteiger partial charge in [-0.1, -0.05) is 176 Å². The van der Waals surface area contributed by atoms with Gasteiger partial charge in [0.25, 0.3) is 0 Å². The van der Waals surface area contributed by atoms with Crippen molar-refractivity contribution in [1.29, 1.82) is 0 Å². The van der Waals surface area contributed by atoms with E-state index in [-0.39, 0.29) is 5.92 Å². The van der Waals surface area contributed by atoms with Gasteiger partial charge < -0.3 is 0 Å². The maximum Gasteiger partial charge on any atom is 0.179 e. The van der Waals surface area contributed by atoms with Crippen LogP contribution in [0.25, 0.3) is 27.6 Å². The molecule has 0 unspecified atom stereocenters. The van der Waals surface area contributed by atoms with E-state index in [9.17, 15) is 0 Å². The van der Waals surface area contributed by atoms with Crippen LogP contribution < -0.4 is 20.7 Å². The van der Waals surface area contributed by atoms with Crippen molar-refractivity contribution in [2.24, 2.45) is 0 Å². The van der Waals surface area contributed by atoms with Crippen LogP contribution in [0.1, 0.15) is 22.6 Å². The van der Waals surface area contributed by atoms with Gasteiger partial charge in [-0.2, -0.15) is 0 Å². The van der Waals surface area contributed by atoms with Gasteiger partial charge in [0.1, 0.15) is 5.65 Å². The minimum atomic E-state index is -2.82. The number of hydrogen-bond donors (Lipinski definition) is 0. The summed E-state index contributed by atoms with van der Waals surface area (Å²) in [5, 5.41) is 7.79. The molecule has 0 fully saturated rings. The SMILES string of the molecule is c1ccc(C(c2ccccc2)c2ccc([Si](c3ccccc3)(c3ccccc3)c3ccc4c(c3)c3cccnc3n4-c3ccccc3)cc2)cc1. The Morgan fingerprint density at radius 1 is 0.392 bits per heavy atom. The standard InChI is InChI=1S/C48H36N2Si/c1-6-17-36(18-7-1)47(37-19-8-2-9-20-37)38-28-30-42(31-29-38)51(40-23-12-4-13-24-40,41-25-14-5-15-26-41)43-32-33-46-45(35-43)44-27-16-34-49-48(44)50(46)39-21-10-3-11-22-39/h1-35,47H. The lowest BCUT2D eigenvalue weighted by Crippen LogP contribution is -2.74. The van der Waals surface area contributed by atoms with Crippen LogP contribution in [0.2, 0.25) is 0 Å². The number of fused-ring (bicyclic) bond motifs is 3. The third-order valence-electron chi connectivity index (χ3n) is 10.3. The summed E-state index contributed by atoms with van der Waals surface area (Å²) in [6.45, 7) is 0. The fourth-order valence-corrected chi connectivity index (χ4v) is 12.8. The molecule has 0 spiro atoms. The Hall–Kier alpha value is -6.29. The third-order valence-corrected chi connectivity index (χ3v) is 15.1. The molecule has 7 aromatic carbocycles. The highest BCUT2D eigenvalue weighted by atomic mass is 28.3. The van der Waals surface area contributed by atoms with Crippen molar-refractivity contribution in [2.75, 3.05) is 0 Å². The summed E-state index contributed by atoms with van der Waals surface area (Å²) in [5.41, 5.74) is 7.11. The quantitative estimate of drug-likeness (QED) is 0.117. The molecule has 0 aliphatic heterocycles. The zero-order valence-electron chi connectivity index (χ0n) is 28.2. The molecule has 242 valence electrons. The van der Waals surface area contributed by atoms with E-state index < -0.39 is 8.07 Å². The molecule has 2 heterocycles. The first-order chi connectivity index (χ1) is 25.3. The van der Waals surface area contributed by atoms with E-state index in [1.54, 1.807) is 0 Å². The molecular weight excluding hydrogens is 633 g/mol. The minimum absolute atomic E-state index is 0.138. The van der Waals surface area contributed by atoms with Gasteiger partial charge >= 0.3 is 0 Å². The molecule has 2 nitrogen and oxygen atoms in total. The number of hydrogen-bond acceptors (Lipinski definition) is 1. The van der Waals surface area contributed by atoms with Gasteiger partial charge in [-0.05, 0) is 67.8 Å². The summed E-state index contributed by atoms with van der Waals surface area (Å²) in [4.78, 5) is 4.91. The molecule has 9 rings (SSSR count). The van der Waals surface area contributed by atoms with Crippen LogP contribution in [0, 0.1) is 0 Å². The molecule has 0 saturated carbocycles. The lowest BCUT2D eigenvalue weighted by Gasteiger charge is -2.35. The van der Waals surface area contributed by atoms with Crippen LogP contribution in [0.4, 0.5) is 0 Å². The minimum Gasteiger partial charge on any atom is -0.294 e. The Kier molecular flexibility index (Phi) is 7.96. The van der Waals surface area contributed by atoms with Crippen molar-refractivity contribution < 1.29 is 0 Å². The van der Waals surface area contributed by atoms with Crippen molar-refractivity contribution in [3.63, 3.8) is 0 Å². The van der Waals surface area contributed by atoms with Gasteiger partial charge in [0.2, 0.25) is 0 Å². The Morgan fingerprint density at radius 2 is 0.863 bits per heavy atom. The zero-order valence-corrected chi connectivity index (χ0v) is 29.2. The number of benzene rings is 7. The molecular formula is C48H36N2Si. The summed E-state index contributed by atoms with van der Waals surface area (Å²) in [7, 11) is -2.82. The summed E-state index contributed by atoms with van der Waals surface area (Å²) in [6, 6.07) is 75.7. The van der Waals surface area contributed by atoms with Crippen molar-refractivity contribution in [1.82, 2.24) is 9.55 Å². The van der Waals surface area contributed by atoms with E-state index in [0.717, 1.165) is 22.2 Å². The second kappa shape index (κ2) is 13.2. The first kappa shape index (κ1) is 30.7. The number of para-hydroxylation sites is 1. The van der Waals surface area contributed by atoms with Gasteiger partial charge in [-0.3, -0.25) is 4.57 Å². The molecule has 0 aliphatic carbocycles. The average molecular weight is 669 g/mol. The van der Waals surface area contributed by atoms with Crippen molar-refractivity contribution >= 4 is 50.8 Å². The lowest BCUT2D eigenvalue weighted by molar-refractivity contribution is 0.978. The van der Waals surface area contributed by atoms with Gasteiger partial charge in [0.05, 0.1) is 5.52 Å². The largest absolute Gasteiger partial charge is 0.294 e. The van der Waals surface area contributed by atoms with E-state index in [4.69, 9.17) is 4.98 Å². The van der Waals surface area contributed by atoms with Crippen LogP contribution in [0.3, 0.4) is 0 Å². The molecule has 51 heavy (non-hydrogen) atoms. The molecule has 0 aliphatic rings. The predicted molar refractivity (Wildman–Crippen MR) is 216 cm³/mol. The number of rotatable bonds is 8. The van der Waals surface area contributed by atoms with E-state index >= 15 is 0 Å². The van der Waals surface area contributed by atoms with Crippen LogP contribution in [-0.4, -0.2) is 17.6 Å². The van der Waals surface area contributed by atoms with Crippen LogP contribution >= 0.6 is 0 Å². The van der Waals surface area contributed by atoms with E-state index in [2.05, 4.69) is 211 Å².